The molecule has 0 aliphatic carbocycles. The van der Waals surface area contributed by atoms with Crippen LogP contribution in [0.1, 0.15) is 17.8 Å². The normalized spacial score (nSPS) is 23.4. The maximum atomic E-state index is 12.4. The van der Waals surface area contributed by atoms with E-state index in [2.05, 4.69) is 40.2 Å². The third kappa shape index (κ3) is 3.66. The zero-order valence-corrected chi connectivity index (χ0v) is 15.3. The van der Waals surface area contributed by atoms with E-state index in [9.17, 15) is 4.79 Å². The van der Waals surface area contributed by atoms with Crippen molar-refractivity contribution in [1.29, 1.82) is 0 Å². The Balaban J connectivity index is 1.35. The van der Waals surface area contributed by atoms with Crippen LogP contribution in [0.15, 0.2) is 42.7 Å². The number of nitrogens with zero attached hydrogens (tertiary/aromatic N) is 4. The number of likely N-dealkylation sites (tertiary alicyclic amines) is 1. The van der Waals surface area contributed by atoms with Gasteiger partial charge in [0.2, 0.25) is 5.91 Å². The number of ether oxygens (including phenoxy) is 1. The molecule has 2 aliphatic rings. The first kappa shape index (κ1) is 17.2. The van der Waals surface area contributed by atoms with Gasteiger partial charge in [-0.25, -0.2) is 4.98 Å². The van der Waals surface area contributed by atoms with E-state index in [0.717, 1.165) is 38.3 Å². The molecule has 26 heavy (non-hydrogen) atoms. The van der Waals surface area contributed by atoms with Crippen molar-refractivity contribution < 1.29 is 9.53 Å². The number of aromatic nitrogens is 2. The van der Waals surface area contributed by atoms with Crippen molar-refractivity contribution >= 4 is 5.91 Å². The van der Waals surface area contributed by atoms with Gasteiger partial charge >= 0.3 is 0 Å². The zero-order chi connectivity index (χ0) is 17.9. The first-order chi connectivity index (χ1) is 12.7. The van der Waals surface area contributed by atoms with Crippen molar-refractivity contribution in [1.82, 2.24) is 19.4 Å². The summed E-state index contributed by atoms with van der Waals surface area (Å²) in [5, 5.41) is 0. The van der Waals surface area contributed by atoms with E-state index in [1.165, 1.54) is 5.56 Å². The molecule has 2 aromatic rings. The van der Waals surface area contributed by atoms with E-state index in [1.54, 1.807) is 6.20 Å². The maximum Gasteiger partial charge on any atom is 0.249 e. The summed E-state index contributed by atoms with van der Waals surface area (Å²) in [6.45, 7) is 3.57. The van der Waals surface area contributed by atoms with Crippen molar-refractivity contribution in [3.05, 3.63) is 54.1 Å². The highest BCUT2D eigenvalue weighted by Crippen LogP contribution is 2.25. The van der Waals surface area contributed by atoms with E-state index >= 15 is 0 Å². The Morgan fingerprint density at radius 1 is 1.23 bits per heavy atom. The molecule has 0 bridgehead atoms. The molecule has 0 spiro atoms. The standard InChI is InChI=1S/C20H26N4O2/c1-22-11-9-21-19(22)14-24-17-12-23(13-18(17)26-15-20(24)25)10-5-8-16-6-3-2-4-7-16/h2-4,6-7,9,11,17-18H,5,8,10,12-15H2,1H3/t17-,18+/m1/s1. The van der Waals surface area contributed by atoms with Gasteiger partial charge in [-0.15, -0.1) is 0 Å². The Bertz CT molecular complexity index is 745. The Labute approximate surface area is 154 Å². The highest BCUT2D eigenvalue weighted by molar-refractivity contribution is 5.78. The van der Waals surface area contributed by atoms with E-state index in [4.69, 9.17) is 4.74 Å². The number of aryl methyl sites for hydroxylation is 2. The van der Waals surface area contributed by atoms with Gasteiger partial charge in [-0.3, -0.25) is 9.69 Å². The average molecular weight is 354 g/mol. The highest BCUT2D eigenvalue weighted by Gasteiger charge is 2.43. The summed E-state index contributed by atoms with van der Waals surface area (Å²) < 4.78 is 7.81. The second-order valence-electron chi connectivity index (χ2n) is 7.24. The Morgan fingerprint density at radius 3 is 2.85 bits per heavy atom. The summed E-state index contributed by atoms with van der Waals surface area (Å²) in [5.74, 6) is 0.988. The summed E-state index contributed by atoms with van der Waals surface area (Å²) in [5.41, 5.74) is 1.38. The van der Waals surface area contributed by atoms with Crippen LogP contribution in [-0.4, -0.2) is 63.6 Å². The quantitative estimate of drug-likeness (QED) is 0.788. The van der Waals surface area contributed by atoms with Crippen LogP contribution in [-0.2, 0) is 29.5 Å². The summed E-state index contributed by atoms with van der Waals surface area (Å²) in [4.78, 5) is 21.2. The molecule has 0 N–H and O–H groups in total. The van der Waals surface area contributed by atoms with Crippen LogP contribution in [0, 0.1) is 0 Å². The number of carbonyl (C=O) groups is 1. The van der Waals surface area contributed by atoms with Gasteiger partial charge in [0.1, 0.15) is 12.4 Å². The largest absolute Gasteiger partial charge is 0.365 e. The predicted octanol–water partition coefficient (Wildman–Crippen LogP) is 1.46. The van der Waals surface area contributed by atoms with Gasteiger partial charge in [0.05, 0.1) is 18.7 Å². The third-order valence-corrected chi connectivity index (χ3v) is 5.47. The molecule has 2 aliphatic heterocycles. The molecule has 1 aromatic heterocycles. The lowest BCUT2D eigenvalue weighted by atomic mass is 10.1. The maximum absolute atomic E-state index is 12.4. The number of fused-ring (bicyclic) bond motifs is 1. The highest BCUT2D eigenvalue weighted by atomic mass is 16.5. The van der Waals surface area contributed by atoms with Crippen LogP contribution in [0.25, 0.3) is 0 Å². The molecule has 6 nitrogen and oxygen atoms in total. The molecule has 2 saturated heterocycles. The summed E-state index contributed by atoms with van der Waals surface area (Å²) in [7, 11) is 1.97. The number of morpholine rings is 1. The monoisotopic (exact) mass is 354 g/mol. The lowest BCUT2D eigenvalue weighted by Gasteiger charge is -2.36. The smallest absolute Gasteiger partial charge is 0.249 e. The number of imidazole rings is 1. The molecule has 4 rings (SSSR count). The molecule has 6 heteroatoms. The van der Waals surface area contributed by atoms with E-state index < -0.39 is 0 Å². The van der Waals surface area contributed by atoms with Crippen molar-refractivity contribution in [2.75, 3.05) is 26.2 Å². The summed E-state index contributed by atoms with van der Waals surface area (Å²) in [6, 6.07) is 10.7. The molecule has 0 saturated carbocycles. The zero-order valence-electron chi connectivity index (χ0n) is 15.3. The molecule has 1 aromatic carbocycles. The minimum atomic E-state index is 0.0698. The second-order valence-corrected chi connectivity index (χ2v) is 7.24. The number of amides is 1. The molecular formula is C20H26N4O2. The van der Waals surface area contributed by atoms with Crippen LogP contribution >= 0.6 is 0 Å². The van der Waals surface area contributed by atoms with Gasteiger partial charge in [0.25, 0.3) is 0 Å². The van der Waals surface area contributed by atoms with E-state index in [1.807, 2.05) is 22.7 Å². The molecule has 2 fully saturated rings. The van der Waals surface area contributed by atoms with Gasteiger partial charge in [-0.05, 0) is 24.9 Å². The number of hydrogen-bond donors (Lipinski definition) is 0. The average Bonchev–Trinajstić information content (AvgIpc) is 3.24. The fraction of sp³-hybridized carbons (Fsp3) is 0.500. The topological polar surface area (TPSA) is 50.6 Å². The van der Waals surface area contributed by atoms with E-state index in [-0.39, 0.29) is 24.7 Å². The Hall–Kier alpha value is -2.18. The molecular weight excluding hydrogens is 328 g/mol. The molecule has 0 unspecified atom stereocenters. The second kappa shape index (κ2) is 7.60. The fourth-order valence-corrected chi connectivity index (χ4v) is 3.98. The van der Waals surface area contributed by atoms with Gasteiger partial charge in [-0.1, -0.05) is 30.3 Å². The van der Waals surface area contributed by atoms with Crippen molar-refractivity contribution in [2.45, 2.75) is 31.5 Å². The lowest BCUT2D eigenvalue weighted by molar-refractivity contribution is -0.154. The van der Waals surface area contributed by atoms with E-state index in [0.29, 0.717) is 6.54 Å². The van der Waals surface area contributed by atoms with Crippen molar-refractivity contribution in [2.24, 2.45) is 7.05 Å². The van der Waals surface area contributed by atoms with Crippen molar-refractivity contribution in [3.8, 4) is 0 Å². The molecule has 3 heterocycles. The molecule has 0 radical (unpaired) electrons. The van der Waals surface area contributed by atoms with Crippen LogP contribution < -0.4 is 0 Å². The first-order valence-corrected chi connectivity index (χ1v) is 9.34. The molecule has 2 atom stereocenters. The van der Waals surface area contributed by atoms with Gasteiger partial charge in [0.15, 0.2) is 0 Å². The number of benzene rings is 1. The molecule has 1 amide bonds. The van der Waals surface area contributed by atoms with Gasteiger partial charge < -0.3 is 14.2 Å². The SMILES string of the molecule is Cn1ccnc1CN1C(=O)CO[C@H]2CN(CCCc3ccccc3)C[C@H]21. The van der Waals surface area contributed by atoms with Gasteiger partial charge in [0, 0.05) is 32.5 Å². The van der Waals surface area contributed by atoms with Crippen LogP contribution in [0.5, 0.6) is 0 Å². The number of rotatable bonds is 6. The van der Waals surface area contributed by atoms with Crippen LogP contribution in [0.4, 0.5) is 0 Å². The van der Waals surface area contributed by atoms with Crippen LogP contribution in [0.3, 0.4) is 0 Å². The summed E-state index contributed by atoms with van der Waals surface area (Å²) >= 11 is 0. The fourth-order valence-electron chi connectivity index (χ4n) is 3.98. The van der Waals surface area contributed by atoms with Gasteiger partial charge in [-0.2, -0.15) is 0 Å². The minimum Gasteiger partial charge on any atom is -0.365 e. The number of carbonyl (C=O) groups excluding carboxylic acids is 1. The Morgan fingerprint density at radius 2 is 2.08 bits per heavy atom. The number of hydrogen-bond acceptors (Lipinski definition) is 4. The predicted molar refractivity (Wildman–Crippen MR) is 98.5 cm³/mol. The minimum absolute atomic E-state index is 0.0698. The summed E-state index contributed by atoms with van der Waals surface area (Å²) in [6.07, 6.45) is 6.02. The Kier molecular flexibility index (Phi) is 5.04. The first-order valence-electron chi connectivity index (χ1n) is 9.34. The van der Waals surface area contributed by atoms with Crippen molar-refractivity contribution in [3.63, 3.8) is 0 Å². The van der Waals surface area contributed by atoms with Crippen LogP contribution in [0.2, 0.25) is 0 Å². The lowest BCUT2D eigenvalue weighted by Crippen LogP contribution is -2.53. The third-order valence-electron chi connectivity index (χ3n) is 5.47. The molecule has 138 valence electrons.